The zero-order valence-corrected chi connectivity index (χ0v) is 12.6. The van der Waals surface area contributed by atoms with Crippen LogP contribution in [0.3, 0.4) is 0 Å². The highest BCUT2D eigenvalue weighted by Crippen LogP contribution is 2.22. The molecule has 0 bridgehead atoms. The molecule has 0 aliphatic carbocycles. The minimum Gasteiger partial charge on any atom is -0.244 e. The van der Waals surface area contributed by atoms with Crippen LogP contribution in [0.2, 0.25) is 0 Å². The van der Waals surface area contributed by atoms with Gasteiger partial charge in [-0.05, 0) is 25.0 Å². The SMILES string of the molecule is N#Cc1ccc(S(=O)(=O)N2CCCC(S(N)(=O)=O)C2)cn1. The Morgan fingerprint density at radius 3 is 2.57 bits per heavy atom. The number of rotatable bonds is 3. The molecule has 1 atom stereocenters. The summed E-state index contributed by atoms with van der Waals surface area (Å²) in [5.74, 6) is 0. The van der Waals surface area contributed by atoms with Crippen molar-refractivity contribution in [3.63, 3.8) is 0 Å². The van der Waals surface area contributed by atoms with E-state index in [2.05, 4.69) is 4.98 Å². The largest absolute Gasteiger partial charge is 0.244 e. The Morgan fingerprint density at radius 1 is 1.33 bits per heavy atom. The molecule has 0 spiro atoms. The van der Waals surface area contributed by atoms with Crippen LogP contribution in [0, 0.1) is 11.3 Å². The van der Waals surface area contributed by atoms with Gasteiger partial charge in [0.05, 0.1) is 5.25 Å². The number of aromatic nitrogens is 1. The van der Waals surface area contributed by atoms with Crippen LogP contribution in [0.4, 0.5) is 0 Å². The summed E-state index contributed by atoms with van der Waals surface area (Å²) in [5, 5.41) is 12.8. The topological polar surface area (TPSA) is 134 Å². The second kappa shape index (κ2) is 5.69. The number of nitriles is 1. The number of hydrogen-bond donors (Lipinski definition) is 1. The third-order valence-electron chi connectivity index (χ3n) is 3.29. The van der Waals surface area contributed by atoms with Crippen LogP contribution < -0.4 is 5.14 Å². The van der Waals surface area contributed by atoms with Crippen molar-refractivity contribution >= 4 is 20.0 Å². The van der Waals surface area contributed by atoms with Gasteiger partial charge in [-0.1, -0.05) is 0 Å². The van der Waals surface area contributed by atoms with Crippen molar-refractivity contribution in [1.29, 1.82) is 5.26 Å². The van der Waals surface area contributed by atoms with Crippen LogP contribution in [-0.4, -0.2) is 44.5 Å². The van der Waals surface area contributed by atoms with Gasteiger partial charge in [0, 0.05) is 19.3 Å². The second-order valence-electron chi connectivity index (χ2n) is 4.71. The predicted octanol–water partition coefficient (Wildman–Crippen LogP) is -0.605. The fourth-order valence-corrected chi connectivity index (χ4v) is 4.59. The summed E-state index contributed by atoms with van der Waals surface area (Å²) in [7, 11) is -7.62. The Bertz CT molecular complexity index is 765. The van der Waals surface area contributed by atoms with Gasteiger partial charge in [0.25, 0.3) is 0 Å². The van der Waals surface area contributed by atoms with Gasteiger partial charge >= 0.3 is 0 Å². The molecule has 0 radical (unpaired) electrons. The van der Waals surface area contributed by atoms with Crippen LogP contribution in [0.5, 0.6) is 0 Å². The van der Waals surface area contributed by atoms with Gasteiger partial charge < -0.3 is 0 Å². The molecule has 21 heavy (non-hydrogen) atoms. The lowest BCUT2D eigenvalue weighted by atomic mass is 10.2. The molecule has 8 nitrogen and oxygen atoms in total. The Labute approximate surface area is 123 Å². The van der Waals surface area contributed by atoms with Crippen molar-refractivity contribution in [1.82, 2.24) is 9.29 Å². The summed E-state index contributed by atoms with van der Waals surface area (Å²) >= 11 is 0. The molecule has 1 unspecified atom stereocenters. The van der Waals surface area contributed by atoms with E-state index in [1.54, 1.807) is 6.07 Å². The third-order valence-corrected chi connectivity index (χ3v) is 6.46. The van der Waals surface area contributed by atoms with E-state index >= 15 is 0 Å². The Hall–Kier alpha value is -1.54. The van der Waals surface area contributed by atoms with Gasteiger partial charge in [0.1, 0.15) is 16.7 Å². The average molecular weight is 330 g/mol. The maximum absolute atomic E-state index is 12.4. The summed E-state index contributed by atoms with van der Waals surface area (Å²) in [5.41, 5.74) is 0.106. The summed E-state index contributed by atoms with van der Waals surface area (Å²) in [6, 6.07) is 4.38. The number of piperidine rings is 1. The number of pyridine rings is 1. The lowest BCUT2D eigenvalue weighted by Gasteiger charge is -2.30. The molecule has 1 saturated heterocycles. The Kier molecular flexibility index (Phi) is 4.29. The highest BCUT2D eigenvalue weighted by Gasteiger charge is 2.34. The molecule has 2 N–H and O–H groups in total. The summed E-state index contributed by atoms with van der Waals surface area (Å²) in [6.45, 7) is 0.0650. The van der Waals surface area contributed by atoms with Gasteiger partial charge in [0.2, 0.25) is 20.0 Å². The molecule has 0 aromatic carbocycles. The van der Waals surface area contributed by atoms with Crippen molar-refractivity contribution in [2.45, 2.75) is 23.0 Å². The molecule has 114 valence electrons. The molecule has 0 amide bonds. The summed E-state index contributed by atoms with van der Waals surface area (Å²) < 4.78 is 48.7. The Balaban J connectivity index is 2.28. The van der Waals surface area contributed by atoms with Crippen molar-refractivity contribution in [3.05, 3.63) is 24.0 Å². The Morgan fingerprint density at radius 2 is 2.05 bits per heavy atom. The van der Waals surface area contributed by atoms with Gasteiger partial charge in [-0.25, -0.2) is 27.0 Å². The standard InChI is InChI=1S/C11H14N4O4S2/c12-6-9-3-4-10(7-14-9)21(18,19)15-5-1-2-11(8-15)20(13,16)17/h3-4,7,11H,1-2,5,8H2,(H2,13,16,17). The zero-order valence-electron chi connectivity index (χ0n) is 11.0. The minimum atomic E-state index is -3.84. The molecule has 10 heteroatoms. The first-order valence-electron chi connectivity index (χ1n) is 6.13. The van der Waals surface area contributed by atoms with Crippen molar-refractivity contribution in [2.75, 3.05) is 13.1 Å². The molecule has 2 rings (SSSR count). The van der Waals surface area contributed by atoms with E-state index in [4.69, 9.17) is 10.4 Å². The quantitative estimate of drug-likeness (QED) is 0.786. The first kappa shape index (κ1) is 15.8. The normalized spacial score (nSPS) is 20.9. The molecule has 1 aromatic heterocycles. The maximum atomic E-state index is 12.4. The van der Waals surface area contributed by atoms with Crippen LogP contribution >= 0.6 is 0 Å². The fraction of sp³-hybridized carbons (Fsp3) is 0.455. The molecular formula is C11H14N4O4S2. The number of sulfonamides is 2. The lowest BCUT2D eigenvalue weighted by molar-refractivity contribution is 0.346. The number of nitrogens with two attached hydrogens (primary N) is 1. The minimum absolute atomic E-state index is 0.0726. The van der Waals surface area contributed by atoms with E-state index in [1.807, 2.05) is 0 Å². The number of hydrogen-bond acceptors (Lipinski definition) is 6. The second-order valence-corrected chi connectivity index (χ2v) is 8.49. The number of primary sulfonamides is 1. The molecule has 2 heterocycles. The molecule has 1 aromatic rings. The zero-order chi connectivity index (χ0) is 15.7. The van der Waals surface area contributed by atoms with Gasteiger partial charge in [-0.2, -0.15) is 9.57 Å². The van der Waals surface area contributed by atoms with Crippen molar-refractivity contribution < 1.29 is 16.8 Å². The first-order chi connectivity index (χ1) is 9.75. The molecule has 1 aliphatic heterocycles. The monoisotopic (exact) mass is 330 g/mol. The molecule has 1 fully saturated rings. The van der Waals surface area contributed by atoms with Crippen LogP contribution in [0.1, 0.15) is 18.5 Å². The number of nitrogens with zero attached hydrogens (tertiary/aromatic N) is 3. The van der Waals surface area contributed by atoms with Crippen LogP contribution in [-0.2, 0) is 20.0 Å². The average Bonchev–Trinajstić information content (AvgIpc) is 2.46. The van der Waals surface area contributed by atoms with Gasteiger partial charge in [-0.15, -0.1) is 0 Å². The van der Waals surface area contributed by atoms with Gasteiger partial charge in [0.15, 0.2) is 0 Å². The van der Waals surface area contributed by atoms with Crippen molar-refractivity contribution in [3.8, 4) is 6.07 Å². The highest BCUT2D eigenvalue weighted by atomic mass is 32.2. The fourth-order valence-electron chi connectivity index (χ4n) is 2.14. The molecular weight excluding hydrogens is 316 g/mol. The van der Waals surface area contributed by atoms with Crippen LogP contribution in [0.25, 0.3) is 0 Å². The van der Waals surface area contributed by atoms with E-state index in [1.165, 1.54) is 12.1 Å². The van der Waals surface area contributed by atoms with Crippen LogP contribution in [0.15, 0.2) is 23.2 Å². The molecule has 0 saturated carbocycles. The van der Waals surface area contributed by atoms with E-state index < -0.39 is 25.3 Å². The molecule has 1 aliphatic rings. The smallest absolute Gasteiger partial charge is 0.244 e. The predicted molar refractivity (Wildman–Crippen MR) is 73.8 cm³/mol. The van der Waals surface area contributed by atoms with E-state index in [-0.39, 0.29) is 23.7 Å². The summed E-state index contributed by atoms with van der Waals surface area (Å²) in [4.78, 5) is 3.64. The third kappa shape index (κ3) is 3.38. The van der Waals surface area contributed by atoms with Gasteiger partial charge in [-0.3, -0.25) is 0 Å². The lowest BCUT2D eigenvalue weighted by Crippen LogP contribution is -2.46. The van der Waals surface area contributed by atoms with Crippen molar-refractivity contribution in [2.24, 2.45) is 5.14 Å². The van der Waals surface area contributed by atoms with E-state index in [0.29, 0.717) is 12.8 Å². The van der Waals surface area contributed by atoms with E-state index in [0.717, 1.165) is 10.5 Å². The summed E-state index contributed by atoms with van der Waals surface area (Å²) in [6.07, 6.45) is 1.86. The highest BCUT2D eigenvalue weighted by molar-refractivity contribution is 7.90. The van der Waals surface area contributed by atoms with E-state index in [9.17, 15) is 16.8 Å². The maximum Gasteiger partial charge on any atom is 0.244 e. The first-order valence-corrected chi connectivity index (χ1v) is 9.18.